The third-order valence-electron chi connectivity index (χ3n) is 5.88. The summed E-state index contributed by atoms with van der Waals surface area (Å²) in [4.78, 5) is 40.3. The maximum absolute atomic E-state index is 13.9. The van der Waals surface area contributed by atoms with Crippen LogP contribution >= 0.6 is 0 Å². The predicted molar refractivity (Wildman–Crippen MR) is 109 cm³/mol. The fraction of sp³-hybridized carbons (Fsp3) is 0.208. The molecule has 0 aromatic heterocycles. The molecule has 2 aromatic rings. The molecule has 0 heterocycles. The van der Waals surface area contributed by atoms with Crippen molar-refractivity contribution in [2.24, 2.45) is 10.8 Å². The zero-order chi connectivity index (χ0) is 21.5. The normalized spacial score (nSPS) is 24.6. The summed E-state index contributed by atoms with van der Waals surface area (Å²) in [6.45, 7) is -0.585. The van der Waals surface area contributed by atoms with Gasteiger partial charge in [0.2, 0.25) is 0 Å². The Bertz CT molecular complexity index is 1100. The van der Waals surface area contributed by atoms with Crippen LogP contribution in [-0.4, -0.2) is 43.7 Å². The van der Waals surface area contributed by atoms with Crippen molar-refractivity contribution >= 4 is 28.9 Å². The van der Waals surface area contributed by atoms with Gasteiger partial charge in [0.1, 0.15) is 0 Å². The van der Waals surface area contributed by atoms with Gasteiger partial charge in [-0.3, -0.25) is 14.4 Å². The van der Waals surface area contributed by atoms with Gasteiger partial charge in [-0.05, 0) is 27.8 Å². The first kappa shape index (κ1) is 19.8. The summed E-state index contributed by atoms with van der Waals surface area (Å²) >= 11 is 0. The van der Waals surface area contributed by atoms with Gasteiger partial charge in [-0.2, -0.15) is 0 Å². The van der Waals surface area contributed by atoms with Crippen molar-refractivity contribution in [2.75, 3.05) is 20.8 Å². The Labute approximate surface area is 173 Å². The number of fused-ring (bicyclic) bond motifs is 2. The van der Waals surface area contributed by atoms with E-state index in [0.717, 1.165) is 0 Å². The second-order valence-electron chi connectivity index (χ2n) is 7.18. The zero-order valence-corrected chi connectivity index (χ0v) is 16.5. The van der Waals surface area contributed by atoms with Gasteiger partial charge in [-0.15, -0.1) is 0 Å². The number of aliphatic hydroxyl groups is 1. The minimum atomic E-state index is -1.93. The molecule has 2 aliphatic carbocycles. The van der Waals surface area contributed by atoms with Crippen molar-refractivity contribution in [3.8, 4) is 0 Å². The van der Waals surface area contributed by atoms with Crippen molar-refractivity contribution in [1.29, 1.82) is 0 Å². The Morgan fingerprint density at radius 1 is 0.833 bits per heavy atom. The highest BCUT2D eigenvalue weighted by molar-refractivity contribution is 6.40. The van der Waals surface area contributed by atoms with Crippen LogP contribution in [0.5, 0.6) is 0 Å². The van der Waals surface area contributed by atoms with Crippen LogP contribution in [0.15, 0.2) is 72.3 Å². The Balaban J connectivity index is 2.21. The lowest BCUT2D eigenvalue weighted by Crippen LogP contribution is -2.43. The van der Waals surface area contributed by atoms with E-state index in [1.54, 1.807) is 48.5 Å². The molecule has 2 bridgehead atoms. The molecular weight excluding hydrogens is 384 g/mol. The van der Waals surface area contributed by atoms with Gasteiger partial charge in [0.25, 0.3) is 0 Å². The molecule has 2 aliphatic rings. The zero-order valence-electron chi connectivity index (χ0n) is 16.5. The number of benzene rings is 2. The van der Waals surface area contributed by atoms with E-state index in [-0.39, 0.29) is 5.57 Å². The number of Topliss-reactive ketones (excluding diaryl/α,β-unsaturated/α-hetero) is 1. The van der Waals surface area contributed by atoms with Gasteiger partial charge < -0.3 is 14.6 Å². The molecule has 0 saturated heterocycles. The van der Waals surface area contributed by atoms with Crippen LogP contribution in [0.4, 0.5) is 0 Å². The third kappa shape index (κ3) is 2.25. The van der Waals surface area contributed by atoms with Crippen molar-refractivity contribution in [2.45, 2.75) is 0 Å². The smallest absolute Gasteiger partial charge is 0.328 e. The number of hydrogen-bond acceptors (Lipinski definition) is 6. The number of esters is 2. The first-order valence-electron chi connectivity index (χ1n) is 9.41. The van der Waals surface area contributed by atoms with Crippen LogP contribution in [0.1, 0.15) is 11.1 Å². The lowest BCUT2D eigenvalue weighted by Gasteiger charge is -2.30. The van der Waals surface area contributed by atoms with Crippen LogP contribution in [0.2, 0.25) is 0 Å². The molecule has 2 atom stereocenters. The van der Waals surface area contributed by atoms with Crippen molar-refractivity contribution in [3.63, 3.8) is 0 Å². The molecule has 0 aliphatic heterocycles. The van der Waals surface area contributed by atoms with Gasteiger partial charge in [0, 0.05) is 0 Å². The molecule has 6 nitrogen and oxygen atoms in total. The minimum Gasteiger partial charge on any atom is -0.468 e. The molecule has 0 saturated carbocycles. The van der Waals surface area contributed by atoms with Gasteiger partial charge >= 0.3 is 11.9 Å². The van der Waals surface area contributed by atoms with Crippen LogP contribution in [-0.2, 0) is 23.9 Å². The summed E-state index contributed by atoms with van der Waals surface area (Å²) in [5.74, 6) is -2.34. The Morgan fingerprint density at radius 3 is 1.80 bits per heavy atom. The van der Waals surface area contributed by atoms with Crippen LogP contribution in [0.3, 0.4) is 0 Å². The SMILES string of the molecule is COC(=O)[C@@]12C=C(CO)[C@@](C(=O)OC)(C1=O)C(c1ccccc1)=C2c1ccccc1. The summed E-state index contributed by atoms with van der Waals surface area (Å²) in [6.07, 6.45) is 1.37. The molecule has 0 unspecified atom stereocenters. The maximum atomic E-state index is 13.9. The average molecular weight is 404 g/mol. The third-order valence-corrected chi connectivity index (χ3v) is 5.88. The van der Waals surface area contributed by atoms with Crippen molar-refractivity contribution in [3.05, 3.63) is 83.4 Å². The van der Waals surface area contributed by atoms with Crippen LogP contribution in [0.25, 0.3) is 11.1 Å². The topological polar surface area (TPSA) is 89.9 Å². The number of rotatable bonds is 5. The maximum Gasteiger partial charge on any atom is 0.328 e. The largest absolute Gasteiger partial charge is 0.468 e. The summed E-state index contributed by atoms with van der Waals surface area (Å²) in [6, 6.07) is 17.8. The summed E-state index contributed by atoms with van der Waals surface area (Å²) in [7, 11) is 2.37. The van der Waals surface area contributed by atoms with E-state index >= 15 is 0 Å². The van der Waals surface area contributed by atoms with Gasteiger partial charge in [0.15, 0.2) is 16.6 Å². The lowest BCUT2D eigenvalue weighted by atomic mass is 9.71. The predicted octanol–water partition coefficient (Wildman–Crippen LogP) is 2.43. The molecule has 152 valence electrons. The van der Waals surface area contributed by atoms with E-state index in [1.807, 2.05) is 12.1 Å². The highest BCUT2D eigenvalue weighted by atomic mass is 16.5. The molecule has 2 aromatic carbocycles. The quantitative estimate of drug-likeness (QED) is 0.468. The Kier molecular flexibility index (Phi) is 4.67. The summed E-state index contributed by atoms with van der Waals surface area (Å²) in [5, 5.41) is 10.1. The standard InChI is InChI=1S/C24H20O6/c1-29-21(27)23-13-17(14-25)24(20(23)26,22(28)30-2)19(16-11-7-4-8-12-16)18(23)15-9-5-3-6-10-15/h3-13,25H,14H2,1-2H3/t23-,24+/m1/s1. The van der Waals surface area contributed by atoms with E-state index in [4.69, 9.17) is 9.47 Å². The first-order chi connectivity index (χ1) is 14.5. The number of carbonyl (C=O) groups is 3. The van der Waals surface area contributed by atoms with Crippen molar-refractivity contribution < 1.29 is 29.0 Å². The minimum absolute atomic E-state index is 0.114. The lowest BCUT2D eigenvalue weighted by molar-refractivity contribution is -0.156. The van der Waals surface area contributed by atoms with E-state index in [0.29, 0.717) is 22.3 Å². The molecule has 4 rings (SSSR count). The summed E-state index contributed by atoms with van der Waals surface area (Å²) < 4.78 is 10.1. The number of hydrogen-bond donors (Lipinski definition) is 1. The molecule has 0 radical (unpaired) electrons. The second kappa shape index (κ2) is 7.07. The number of methoxy groups -OCH3 is 2. The second-order valence-corrected chi connectivity index (χ2v) is 7.18. The van der Waals surface area contributed by atoms with E-state index in [2.05, 4.69) is 0 Å². The fourth-order valence-electron chi connectivity index (χ4n) is 4.72. The number of aliphatic hydroxyl groups excluding tert-OH is 1. The van der Waals surface area contributed by atoms with E-state index in [1.165, 1.54) is 20.3 Å². The van der Waals surface area contributed by atoms with Gasteiger partial charge in [0.05, 0.1) is 20.8 Å². The monoisotopic (exact) mass is 404 g/mol. The van der Waals surface area contributed by atoms with Crippen LogP contribution < -0.4 is 0 Å². The molecule has 0 amide bonds. The highest BCUT2D eigenvalue weighted by Gasteiger charge is 2.74. The fourth-order valence-corrected chi connectivity index (χ4v) is 4.72. The van der Waals surface area contributed by atoms with Gasteiger partial charge in [-0.25, -0.2) is 0 Å². The van der Waals surface area contributed by atoms with Crippen molar-refractivity contribution in [1.82, 2.24) is 0 Å². The number of ketones is 1. The molecular formula is C24H20O6. The molecule has 0 fully saturated rings. The Hall–Kier alpha value is -3.51. The molecule has 1 N–H and O–H groups in total. The molecule has 6 heteroatoms. The van der Waals surface area contributed by atoms with E-state index in [9.17, 15) is 19.5 Å². The Morgan fingerprint density at radius 2 is 1.33 bits per heavy atom. The first-order valence-corrected chi connectivity index (χ1v) is 9.41. The number of ether oxygens (including phenoxy) is 2. The van der Waals surface area contributed by atoms with Crippen LogP contribution in [0, 0.1) is 10.8 Å². The molecule has 0 spiro atoms. The van der Waals surface area contributed by atoms with Gasteiger partial charge in [-0.1, -0.05) is 66.7 Å². The number of carbonyl (C=O) groups excluding carboxylic acids is 3. The molecule has 30 heavy (non-hydrogen) atoms. The summed E-state index contributed by atoms with van der Waals surface area (Å²) in [5.41, 5.74) is -1.77. The van der Waals surface area contributed by atoms with E-state index < -0.39 is 35.2 Å². The average Bonchev–Trinajstić information content (AvgIpc) is 3.20. The highest BCUT2D eigenvalue weighted by Crippen LogP contribution is 2.67.